The Morgan fingerprint density at radius 3 is 0.442 bits per heavy atom. The molecular weight excluding hydrogens is 632 g/mol. The van der Waals surface area contributed by atoms with Crippen LogP contribution >= 0.6 is 0 Å². The van der Waals surface area contributed by atoms with E-state index in [-0.39, 0.29) is 0 Å². The predicted molar refractivity (Wildman–Crippen MR) is 191 cm³/mol. The summed E-state index contributed by atoms with van der Waals surface area (Å²) >= 11 is -5.77. The summed E-state index contributed by atoms with van der Waals surface area (Å²) in [5, 5.41) is 0. The van der Waals surface area contributed by atoms with Gasteiger partial charge in [-0.2, -0.15) is 0 Å². The molecule has 0 heterocycles. The van der Waals surface area contributed by atoms with Gasteiger partial charge in [-0.1, -0.05) is 0 Å². The van der Waals surface area contributed by atoms with E-state index in [1.54, 1.807) is 0 Å². The van der Waals surface area contributed by atoms with Crippen molar-refractivity contribution in [1.82, 2.24) is 0 Å². The zero-order valence-corrected chi connectivity index (χ0v) is 28.6. The van der Waals surface area contributed by atoms with Crippen LogP contribution in [-0.4, -0.2) is 15.4 Å². The predicted octanol–water partition coefficient (Wildman–Crippen LogP) is 6.64. The fourth-order valence-electron chi connectivity index (χ4n) is 7.31. The minimum atomic E-state index is -5.77. The third-order valence-corrected chi connectivity index (χ3v) is 34.5. The Hall–Kier alpha value is -3.89. The van der Waals surface area contributed by atoms with Crippen molar-refractivity contribution in [2.24, 2.45) is 0 Å². The summed E-state index contributed by atoms with van der Waals surface area (Å²) in [6.45, 7) is 13.2. The van der Waals surface area contributed by atoms with Crippen LogP contribution in [0.15, 0.2) is 146 Å². The SMILES string of the molecule is Cc1ccc([Te](c2ccc(C)cc2)(c2ccc(C)cc2)(c2ccc(C)cc2)(c2ccc(C)cc2)c2ccc(C)cc2)cc1. The Balaban J connectivity index is 2.14. The molecule has 216 valence electrons. The van der Waals surface area contributed by atoms with Gasteiger partial charge < -0.3 is 0 Å². The second kappa shape index (κ2) is 10.4. The average molecular weight is 674 g/mol. The zero-order valence-electron chi connectivity index (χ0n) is 26.3. The summed E-state index contributed by atoms with van der Waals surface area (Å²) in [6, 6.07) is 57.1. The summed E-state index contributed by atoms with van der Waals surface area (Å²) in [5.41, 5.74) is 7.56. The quantitative estimate of drug-likeness (QED) is 0.174. The molecule has 0 aliphatic rings. The van der Waals surface area contributed by atoms with Crippen LogP contribution in [0.25, 0.3) is 0 Å². The van der Waals surface area contributed by atoms with Crippen LogP contribution in [0.5, 0.6) is 0 Å². The van der Waals surface area contributed by atoms with Crippen molar-refractivity contribution < 1.29 is 0 Å². The van der Waals surface area contributed by atoms with E-state index in [9.17, 15) is 0 Å². The normalized spacial score (nSPS) is 13.3. The van der Waals surface area contributed by atoms with E-state index < -0.39 is 15.4 Å². The maximum absolute atomic E-state index is 5.77. The Bertz CT molecular complexity index is 1500. The summed E-state index contributed by atoms with van der Waals surface area (Å²) in [5.74, 6) is 0. The van der Waals surface area contributed by atoms with Crippen molar-refractivity contribution in [2.45, 2.75) is 41.5 Å². The molecule has 6 aromatic rings. The van der Waals surface area contributed by atoms with Gasteiger partial charge in [0.2, 0.25) is 0 Å². The van der Waals surface area contributed by atoms with Crippen LogP contribution in [0.4, 0.5) is 0 Å². The van der Waals surface area contributed by atoms with Crippen LogP contribution in [0, 0.1) is 41.5 Å². The molecule has 1 heteroatoms. The van der Waals surface area contributed by atoms with Crippen molar-refractivity contribution in [3.8, 4) is 0 Å². The molecule has 0 atom stereocenters. The molecule has 0 aliphatic heterocycles. The number of aryl methyl sites for hydroxylation is 6. The summed E-state index contributed by atoms with van der Waals surface area (Å²) in [4.78, 5) is 0. The molecule has 0 N–H and O–H groups in total. The van der Waals surface area contributed by atoms with Crippen LogP contribution < -0.4 is 21.7 Å². The van der Waals surface area contributed by atoms with Gasteiger partial charge in [-0.25, -0.2) is 0 Å². The summed E-state index contributed by atoms with van der Waals surface area (Å²) < 4.78 is 8.23. The Morgan fingerprint density at radius 2 is 0.326 bits per heavy atom. The van der Waals surface area contributed by atoms with Gasteiger partial charge in [-0.05, 0) is 0 Å². The first kappa shape index (κ1) is 29.2. The molecule has 6 rings (SSSR count). The number of benzene rings is 6. The van der Waals surface area contributed by atoms with E-state index in [2.05, 4.69) is 187 Å². The van der Waals surface area contributed by atoms with Gasteiger partial charge in [-0.3, -0.25) is 0 Å². The van der Waals surface area contributed by atoms with Gasteiger partial charge in [0.1, 0.15) is 0 Å². The van der Waals surface area contributed by atoms with E-state index >= 15 is 0 Å². The van der Waals surface area contributed by atoms with E-state index in [1.165, 1.54) is 55.0 Å². The minimum absolute atomic E-state index is 1.26. The first-order valence-electron chi connectivity index (χ1n) is 15.2. The maximum atomic E-state index is 2.44. The Kier molecular flexibility index (Phi) is 7.05. The van der Waals surface area contributed by atoms with Gasteiger partial charge in [-0.15, -0.1) is 0 Å². The summed E-state index contributed by atoms with van der Waals surface area (Å²) in [6.07, 6.45) is 0. The summed E-state index contributed by atoms with van der Waals surface area (Å²) in [7, 11) is 0. The molecule has 0 unspecified atom stereocenters. The number of rotatable bonds is 6. The Labute approximate surface area is 256 Å². The molecule has 0 radical (unpaired) electrons. The topological polar surface area (TPSA) is 0 Å². The number of hydrogen-bond acceptors (Lipinski definition) is 0. The third kappa shape index (κ3) is 3.69. The second-order valence-corrected chi connectivity index (χ2v) is 29.2. The average Bonchev–Trinajstić information content (AvgIpc) is 3.02. The fourth-order valence-corrected chi connectivity index (χ4v) is 32.9. The molecule has 0 saturated heterocycles. The third-order valence-electron chi connectivity index (χ3n) is 9.66. The molecule has 43 heavy (non-hydrogen) atoms. The van der Waals surface area contributed by atoms with E-state index in [1.807, 2.05) is 0 Å². The fraction of sp³-hybridized carbons (Fsp3) is 0.143. The van der Waals surface area contributed by atoms with Gasteiger partial charge in [0.25, 0.3) is 0 Å². The molecular formula is C42H42Te. The van der Waals surface area contributed by atoms with E-state index in [4.69, 9.17) is 0 Å². The molecule has 0 spiro atoms. The van der Waals surface area contributed by atoms with Crippen LogP contribution in [0.3, 0.4) is 0 Å². The monoisotopic (exact) mass is 676 g/mol. The van der Waals surface area contributed by atoms with Crippen molar-refractivity contribution in [3.05, 3.63) is 179 Å². The molecule has 0 bridgehead atoms. The zero-order chi connectivity index (χ0) is 30.3. The van der Waals surface area contributed by atoms with Crippen molar-refractivity contribution >= 4 is 37.1 Å². The molecule has 0 aromatic heterocycles. The molecule has 0 aliphatic carbocycles. The van der Waals surface area contributed by atoms with Gasteiger partial charge in [0.05, 0.1) is 0 Å². The molecule has 0 fully saturated rings. The van der Waals surface area contributed by atoms with Gasteiger partial charge in [0.15, 0.2) is 0 Å². The van der Waals surface area contributed by atoms with Crippen LogP contribution in [0.1, 0.15) is 33.4 Å². The standard InChI is InChI=1S/C42H42Te/c1-31-7-19-37(20-8-31)43(38-21-9-32(2)10-22-38,39-23-11-33(3)12-24-39,40-25-13-34(4)14-26-40,41-27-15-35(5)16-28-41)42-29-17-36(6)18-30-42/h7-30H,1-6H3. The number of hydrogen-bond donors (Lipinski definition) is 0. The molecule has 0 saturated carbocycles. The Morgan fingerprint density at radius 1 is 0.209 bits per heavy atom. The van der Waals surface area contributed by atoms with Crippen molar-refractivity contribution in [1.29, 1.82) is 0 Å². The van der Waals surface area contributed by atoms with Gasteiger partial charge in [0, 0.05) is 0 Å². The van der Waals surface area contributed by atoms with E-state index in [0.29, 0.717) is 0 Å². The van der Waals surface area contributed by atoms with Crippen molar-refractivity contribution in [3.63, 3.8) is 0 Å². The second-order valence-electron chi connectivity index (χ2n) is 12.4. The molecule has 0 nitrogen and oxygen atoms in total. The first-order chi connectivity index (χ1) is 20.7. The first-order valence-corrected chi connectivity index (χ1v) is 22.1. The van der Waals surface area contributed by atoms with E-state index in [0.717, 1.165) is 0 Å². The molecule has 0 amide bonds. The van der Waals surface area contributed by atoms with Crippen LogP contribution in [-0.2, 0) is 0 Å². The van der Waals surface area contributed by atoms with Gasteiger partial charge >= 0.3 is 258 Å². The molecule has 6 aromatic carbocycles. The van der Waals surface area contributed by atoms with Crippen molar-refractivity contribution in [2.75, 3.05) is 0 Å². The van der Waals surface area contributed by atoms with Crippen LogP contribution in [0.2, 0.25) is 0 Å².